The Kier molecular flexibility index (Phi) is 11.5. The van der Waals surface area contributed by atoms with Crippen molar-refractivity contribution in [2.75, 3.05) is 34.0 Å². The third-order valence-electron chi connectivity index (χ3n) is 2.31. The van der Waals surface area contributed by atoms with Crippen molar-refractivity contribution in [1.29, 1.82) is 0 Å². The monoisotopic (exact) mass is 282 g/mol. The van der Waals surface area contributed by atoms with Gasteiger partial charge in [-0.3, -0.25) is 0 Å². The Morgan fingerprint density at radius 1 is 1.41 bits per heavy atom. The molecule has 1 fully saturated rings. The zero-order valence-corrected chi connectivity index (χ0v) is 14.8. The Balaban J connectivity index is 0.000000557. The van der Waals surface area contributed by atoms with Crippen LogP contribution in [0.15, 0.2) is 0 Å². The highest BCUT2D eigenvalue weighted by Gasteiger charge is 2.24. The largest absolute Gasteiger partial charge is 0.428 e. The molecule has 0 aromatic heterocycles. The molecule has 104 valence electrons. The van der Waals surface area contributed by atoms with Crippen LogP contribution in [0, 0.1) is 0 Å². The molecule has 2 atom stereocenters. The number of hydrogen-bond acceptors (Lipinski definition) is 5. The Labute approximate surface area is 109 Å². The average molecular weight is 282 g/mol. The van der Waals surface area contributed by atoms with Crippen LogP contribution in [0.1, 0.15) is 13.8 Å². The second-order valence-corrected chi connectivity index (χ2v) is 6.66. The van der Waals surface area contributed by atoms with E-state index in [0.29, 0.717) is 12.7 Å². The molecule has 1 aliphatic heterocycles. The molecular weight excluding hydrogens is 256 g/mol. The van der Waals surface area contributed by atoms with Gasteiger partial charge in [0.25, 0.3) is 0 Å². The maximum Gasteiger partial charge on any atom is 0.323 e. The third kappa shape index (κ3) is 11.1. The zero-order chi connectivity index (χ0) is 13.1. The lowest BCUT2D eigenvalue weighted by Gasteiger charge is -2.16. The zero-order valence-electron chi connectivity index (χ0n) is 11.6. The van der Waals surface area contributed by atoms with Gasteiger partial charge >= 0.3 is 9.28 Å². The van der Waals surface area contributed by atoms with Gasteiger partial charge in [-0.2, -0.15) is 0 Å². The summed E-state index contributed by atoms with van der Waals surface area (Å²) in [7, 11) is 2.81. The Hall–Kier alpha value is 0.234. The molecule has 5 nitrogen and oxygen atoms in total. The van der Waals surface area contributed by atoms with E-state index in [4.69, 9.17) is 18.3 Å². The van der Waals surface area contributed by atoms with Crippen LogP contribution in [0.3, 0.4) is 0 Å². The summed E-state index contributed by atoms with van der Waals surface area (Å²) in [5.74, 6) is 0. The summed E-state index contributed by atoms with van der Waals surface area (Å²) in [4.78, 5) is 0. The molecule has 7 heteroatoms. The molecule has 0 amide bonds. The summed E-state index contributed by atoms with van der Waals surface area (Å²) in [6.07, 6.45) is 0.549. The van der Waals surface area contributed by atoms with Crippen LogP contribution in [0.25, 0.3) is 0 Å². The summed E-state index contributed by atoms with van der Waals surface area (Å²) in [6.45, 7) is 6.47. The summed E-state index contributed by atoms with van der Waals surface area (Å²) >= 11 is 0. The molecule has 0 saturated carbocycles. The maximum atomic E-state index is 5.55. The molecule has 1 aliphatic rings. The molecule has 0 aliphatic carbocycles. The third-order valence-corrected chi connectivity index (χ3v) is 4.99. The van der Waals surface area contributed by atoms with Gasteiger partial charge < -0.3 is 22.8 Å². The van der Waals surface area contributed by atoms with E-state index in [1.807, 2.05) is 13.8 Å². The first-order chi connectivity index (χ1) is 8.17. The highest BCUT2D eigenvalue weighted by molar-refractivity contribution is 6.44. The highest BCUT2D eigenvalue weighted by Crippen LogP contribution is 2.12. The number of rotatable bonds is 8. The lowest BCUT2D eigenvalue weighted by Crippen LogP contribution is -2.26. The van der Waals surface area contributed by atoms with Crippen LogP contribution in [0.5, 0.6) is 0 Å². The van der Waals surface area contributed by atoms with E-state index in [-0.39, 0.29) is 6.10 Å². The quantitative estimate of drug-likeness (QED) is 0.448. The van der Waals surface area contributed by atoms with E-state index in [2.05, 4.69) is 4.43 Å². The van der Waals surface area contributed by atoms with Gasteiger partial charge in [-0.1, -0.05) is 0 Å². The molecule has 1 heterocycles. The highest BCUT2D eigenvalue weighted by atomic mass is 28.3. The Morgan fingerprint density at radius 3 is 2.29 bits per heavy atom. The van der Waals surface area contributed by atoms with Gasteiger partial charge in [-0.15, -0.1) is 0 Å². The van der Waals surface area contributed by atoms with E-state index in [1.165, 1.54) is 0 Å². The second-order valence-electron chi connectivity index (χ2n) is 3.81. The molecule has 0 N–H and O–H groups in total. The molecule has 0 radical (unpaired) electrons. The predicted molar refractivity (Wildman–Crippen MR) is 72.7 cm³/mol. The molecule has 17 heavy (non-hydrogen) atoms. The number of hydrogen-bond donors (Lipinski definition) is 0. The van der Waals surface area contributed by atoms with Crippen LogP contribution >= 0.6 is 0 Å². The van der Waals surface area contributed by atoms with E-state index >= 15 is 0 Å². The van der Waals surface area contributed by atoms with Crippen molar-refractivity contribution in [3.63, 3.8) is 0 Å². The number of ether oxygens (including phenoxy) is 2. The van der Waals surface area contributed by atoms with E-state index in [1.54, 1.807) is 14.2 Å². The van der Waals surface area contributed by atoms with Crippen LogP contribution in [-0.2, 0) is 22.8 Å². The van der Waals surface area contributed by atoms with E-state index < -0.39 is 9.28 Å². The normalized spacial score (nSPS) is 19.9. The molecule has 1 saturated heterocycles. The Bertz CT molecular complexity index is 163. The first-order valence-corrected chi connectivity index (χ1v) is 8.53. The summed E-state index contributed by atoms with van der Waals surface area (Å²) in [5.41, 5.74) is 0. The van der Waals surface area contributed by atoms with Crippen LogP contribution in [-0.4, -0.2) is 66.0 Å². The molecule has 0 spiro atoms. The summed E-state index contributed by atoms with van der Waals surface area (Å²) in [5, 5.41) is 0. The molecule has 1 rings (SSSR count). The average Bonchev–Trinajstić information content (AvgIpc) is 3.17. The van der Waals surface area contributed by atoms with Gasteiger partial charge in [0, 0.05) is 26.9 Å². The van der Waals surface area contributed by atoms with Crippen molar-refractivity contribution in [2.24, 2.45) is 0 Å². The van der Waals surface area contributed by atoms with Crippen LogP contribution in [0.2, 0.25) is 6.04 Å². The van der Waals surface area contributed by atoms with Gasteiger partial charge in [0.1, 0.15) is 16.6 Å². The Morgan fingerprint density at radius 2 is 1.94 bits per heavy atom. The van der Waals surface area contributed by atoms with Crippen molar-refractivity contribution in [1.82, 2.24) is 0 Å². The fourth-order valence-corrected chi connectivity index (χ4v) is 2.32. The lowest BCUT2D eigenvalue weighted by molar-refractivity contribution is 0.0605. The van der Waals surface area contributed by atoms with Crippen molar-refractivity contribution in [2.45, 2.75) is 32.1 Å². The summed E-state index contributed by atoms with van der Waals surface area (Å²) < 4.78 is 25.7. The molecule has 0 aromatic rings. The second kappa shape index (κ2) is 11.3. The minimum absolute atomic E-state index is 0.209. The smallest absolute Gasteiger partial charge is 0.323 e. The van der Waals surface area contributed by atoms with E-state index in [9.17, 15) is 0 Å². The molecule has 2 unspecified atom stereocenters. The molecule has 0 bridgehead atoms. The SMILES string of the molecule is CCO[SiH3].CO[SiH](CC(C)OCC1CO1)OC. The van der Waals surface area contributed by atoms with Crippen molar-refractivity contribution < 1.29 is 22.8 Å². The number of epoxide rings is 1. The molecular formula is C10H26O5Si2. The van der Waals surface area contributed by atoms with Gasteiger partial charge in [0.05, 0.1) is 19.3 Å². The minimum atomic E-state index is -1.46. The standard InChI is InChI=1S/C8H18O4Si.C2H8OSi/c1-7(6-13(9-2)10-3)11-4-8-5-12-8;1-2-3-4/h7-8,13H,4-6H2,1-3H3;2H2,1,4H3. The van der Waals surface area contributed by atoms with Gasteiger partial charge in [-0.25, -0.2) is 0 Å². The van der Waals surface area contributed by atoms with Gasteiger partial charge in [0.15, 0.2) is 0 Å². The predicted octanol–water partition coefficient (Wildman–Crippen LogP) is -0.393. The molecule has 0 aromatic carbocycles. The first kappa shape index (κ1) is 17.2. The van der Waals surface area contributed by atoms with E-state index in [0.717, 1.165) is 29.7 Å². The van der Waals surface area contributed by atoms with Crippen molar-refractivity contribution in [3.8, 4) is 0 Å². The fraction of sp³-hybridized carbons (Fsp3) is 1.00. The van der Waals surface area contributed by atoms with Crippen molar-refractivity contribution in [3.05, 3.63) is 0 Å². The lowest BCUT2D eigenvalue weighted by atomic mass is 10.4. The fourth-order valence-electron chi connectivity index (χ4n) is 1.06. The van der Waals surface area contributed by atoms with Gasteiger partial charge in [0.2, 0.25) is 0 Å². The van der Waals surface area contributed by atoms with Crippen LogP contribution < -0.4 is 0 Å². The topological polar surface area (TPSA) is 49.5 Å². The minimum Gasteiger partial charge on any atom is -0.428 e. The first-order valence-electron chi connectivity index (χ1n) is 5.95. The summed E-state index contributed by atoms with van der Waals surface area (Å²) in [6, 6.07) is 0.889. The maximum absolute atomic E-state index is 5.55. The van der Waals surface area contributed by atoms with Crippen molar-refractivity contribution >= 4 is 19.8 Å². The van der Waals surface area contributed by atoms with Crippen LogP contribution in [0.4, 0.5) is 0 Å². The van der Waals surface area contributed by atoms with Gasteiger partial charge in [-0.05, 0) is 13.8 Å².